The molecule has 0 fully saturated rings. The van der Waals surface area contributed by atoms with Gasteiger partial charge >= 0.3 is 0 Å². The van der Waals surface area contributed by atoms with Gasteiger partial charge in [-0.2, -0.15) is 0 Å². The van der Waals surface area contributed by atoms with Crippen molar-refractivity contribution in [1.82, 2.24) is 0 Å². The lowest BCUT2D eigenvalue weighted by Gasteiger charge is -2.30. The Balaban J connectivity index is 1.83. The number of rotatable bonds is 5. The van der Waals surface area contributed by atoms with E-state index < -0.39 is 0 Å². The number of hydrogen-bond acceptors (Lipinski definition) is 4. The third kappa shape index (κ3) is 4.53. The number of aliphatic hydroxyl groups excluding tert-OH is 1. The van der Waals surface area contributed by atoms with E-state index in [2.05, 4.69) is 24.3 Å². The number of fused-ring (bicyclic) bond motifs is 1. The van der Waals surface area contributed by atoms with Crippen LogP contribution in [-0.2, 0) is 11.2 Å². The Labute approximate surface area is 182 Å². The molecule has 0 heterocycles. The summed E-state index contributed by atoms with van der Waals surface area (Å²) < 4.78 is 5.24. The normalized spacial score (nSPS) is 16.6. The Hall–Kier alpha value is -3.40. The van der Waals surface area contributed by atoms with Crippen molar-refractivity contribution in [3.05, 3.63) is 83.6 Å². The molecule has 3 aromatic rings. The Bertz CT molecular complexity index is 1180. The average molecular weight is 414 g/mol. The molecule has 1 aliphatic rings. The lowest BCUT2D eigenvalue weighted by Crippen LogP contribution is -2.30. The minimum absolute atomic E-state index is 0.0544. The van der Waals surface area contributed by atoms with Crippen LogP contribution in [0.3, 0.4) is 0 Å². The van der Waals surface area contributed by atoms with Crippen LogP contribution in [0.25, 0.3) is 10.8 Å². The fourth-order valence-corrected chi connectivity index (χ4v) is 4.24. The minimum atomic E-state index is -0.255. The third-order valence-corrected chi connectivity index (χ3v) is 5.72. The largest absolute Gasteiger partial charge is 0.511 e. The summed E-state index contributed by atoms with van der Waals surface area (Å²) in [6, 6.07) is 21.7. The average Bonchev–Trinajstić information content (AvgIpc) is 2.73. The molecule has 3 aromatic carbocycles. The number of hydrogen-bond donors (Lipinski definition) is 1. The highest BCUT2D eigenvalue weighted by molar-refractivity contribution is 6.24. The first-order valence-corrected chi connectivity index (χ1v) is 10.5. The van der Waals surface area contributed by atoms with Gasteiger partial charge in [0.2, 0.25) is 0 Å². The van der Waals surface area contributed by atoms with Gasteiger partial charge in [0.15, 0.2) is 5.78 Å². The molecule has 158 valence electrons. The number of benzene rings is 3. The SMILES string of the molecule is COc1ccc(N=C(Cc2cccc3ccccc23)C2=C(O)CC(C)(C)CC2=O)cc1. The maximum atomic E-state index is 13.1. The van der Waals surface area contributed by atoms with Crippen molar-refractivity contribution < 1.29 is 14.6 Å². The van der Waals surface area contributed by atoms with Gasteiger partial charge in [-0.25, -0.2) is 0 Å². The predicted molar refractivity (Wildman–Crippen MR) is 125 cm³/mol. The molecular weight excluding hydrogens is 386 g/mol. The number of nitrogens with zero attached hydrogens (tertiary/aromatic N) is 1. The van der Waals surface area contributed by atoms with Gasteiger partial charge in [-0.1, -0.05) is 56.3 Å². The van der Waals surface area contributed by atoms with Crippen molar-refractivity contribution in [3.8, 4) is 5.75 Å². The molecule has 0 radical (unpaired) electrons. The molecule has 31 heavy (non-hydrogen) atoms. The van der Waals surface area contributed by atoms with Gasteiger partial charge in [0.05, 0.1) is 24.1 Å². The van der Waals surface area contributed by atoms with E-state index in [1.54, 1.807) is 7.11 Å². The van der Waals surface area contributed by atoms with Crippen LogP contribution in [0, 0.1) is 5.41 Å². The molecule has 1 N–H and O–H groups in total. The molecular formula is C27H27NO3. The second-order valence-electron chi connectivity index (χ2n) is 8.83. The maximum Gasteiger partial charge on any atom is 0.168 e. The Morgan fingerprint density at radius 3 is 2.42 bits per heavy atom. The van der Waals surface area contributed by atoms with Gasteiger partial charge in [0.25, 0.3) is 0 Å². The molecule has 0 aliphatic heterocycles. The third-order valence-electron chi connectivity index (χ3n) is 5.72. The van der Waals surface area contributed by atoms with Crippen LogP contribution in [-0.4, -0.2) is 23.7 Å². The topological polar surface area (TPSA) is 58.9 Å². The van der Waals surface area contributed by atoms with E-state index in [4.69, 9.17) is 9.73 Å². The fraction of sp³-hybridized carbons (Fsp3) is 0.259. The Morgan fingerprint density at radius 2 is 1.71 bits per heavy atom. The smallest absolute Gasteiger partial charge is 0.168 e. The van der Waals surface area contributed by atoms with E-state index >= 15 is 0 Å². The van der Waals surface area contributed by atoms with E-state index in [-0.39, 0.29) is 17.0 Å². The first-order valence-electron chi connectivity index (χ1n) is 10.5. The second-order valence-corrected chi connectivity index (χ2v) is 8.83. The number of ether oxygens (including phenoxy) is 1. The van der Waals surface area contributed by atoms with Crippen molar-refractivity contribution in [2.75, 3.05) is 7.11 Å². The highest BCUT2D eigenvalue weighted by Crippen LogP contribution is 2.37. The van der Waals surface area contributed by atoms with Crippen molar-refractivity contribution in [3.63, 3.8) is 0 Å². The van der Waals surface area contributed by atoms with Gasteiger partial charge in [-0.3, -0.25) is 9.79 Å². The zero-order valence-corrected chi connectivity index (χ0v) is 18.2. The van der Waals surface area contributed by atoms with Crippen molar-refractivity contribution in [1.29, 1.82) is 0 Å². The quantitative estimate of drug-likeness (QED) is 0.495. The Kier molecular flexibility index (Phi) is 5.64. The van der Waals surface area contributed by atoms with Gasteiger partial charge in [-0.05, 0) is 46.0 Å². The molecule has 4 heteroatoms. The van der Waals surface area contributed by atoms with Crippen molar-refractivity contribution in [2.24, 2.45) is 10.4 Å². The first-order chi connectivity index (χ1) is 14.9. The van der Waals surface area contributed by atoms with E-state index in [0.29, 0.717) is 36.2 Å². The zero-order valence-electron chi connectivity index (χ0n) is 18.2. The minimum Gasteiger partial charge on any atom is -0.511 e. The number of allylic oxidation sites excluding steroid dienone is 2. The van der Waals surface area contributed by atoms with Crippen molar-refractivity contribution in [2.45, 2.75) is 33.1 Å². The number of aliphatic imine (C=N–C) groups is 1. The predicted octanol–water partition coefficient (Wildman–Crippen LogP) is 6.36. The summed E-state index contributed by atoms with van der Waals surface area (Å²) in [5.74, 6) is 0.821. The van der Waals surface area contributed by atoms with Crippen LogP contribution in [0.1, 0.15) is 32.3 Å². The van der Waals surface area contributed by atoms with Crippen molar-refractivity contribution >= 4 is 28.0 Å². The number of ketones is 1. The van der Waals surface area contributed by atoms with Gasteiger partial charge in [0, 0.05) is 19.3 Å². The van der Waals surface area contributed by atoms with Crippen LogP contribution in [0.15, 0.2) is 83.1 Å². The van der Waals surface area contributed by atoms with Crippen LogP contribution in [0.5, 0.6) is 5.75 Å². The summed E-state index contributed by atoms with van der Waals surface area (Å²) in [5, 5.41) is 13.1. The summed E-state index contributed by atoms with van der Waals surface area (Å²) in [7, 11) is 1.62. The first kappa shape index (κ1) is 20.9. The molecule has 0 unspecified atom stereocenters. The molecule has 4 rings (SSSR count). The summed E-state index contributed by atoms with van der Waals surface area (Å²) in [5.41, 5.74) is 2.50. The summed E-state index contributed by atoms with van der Waals surface area (Å²) >= 11 is 0. The number of Topliss-reactive ketones (excluding diaryl/α,β-unsaturated/α-hetero) is 1. The standard InChI is InChI=1S/C27H27NO3/c1-27(2)16-24(29)26(25(30)17-27)23(28-20-11-13-21(31-3)14-12-20)15-19-9-6-8-18-7-4-5-10-22(18)19/h4-14,29H,15-17H2,1-3H3. The highest BCUT2D eigenvalue weighted by atomic mass is 16.5. The molecule has 0 spiro atoms. The van der Waals surface area contributed by atoms with Gasteiger partial charge < -0.3 is 9.84 Å². The lowest BCUT2D eigenvalue weighted by atomic mass is 9.75. The fourth-order valence-electron chi connectivity index (χ4n) is 4.24. The van der Waals surface area contributed by atoms with Crippen LogP contribution < -0.4 is 4.74 Å². The summed E-state index contributed by atoms with van der Waals surface area (Å²) in [6.07, 6.45) is 1.31. The number of methoxy groups -OCH3 is 1. The summed E-state index contributed by atoms with van der Waals surface area (Å²) in [6.45, 7) is 4.01. The zero-order chi connectivity index (χ0) is 22.0. The molecule has 0 saturated heterocycles. The second kappa shape index (κ2) is 8.38. The molecule has 0 saturated carbocycles. The monoisotopic (exact) mass is 413 g/mol. The molecule has 0 amide bonds. The van der Waals surface area contributed by atoms with E-state index in [1.165, 1.54) is 0 Å². The van der Waals surface area contributed by atoms with E-state index in [1.807, 2.05) is 56.3 Å². The van der Waals surface area contributed by atoms with Gasteiger partial charge in [-0.15, -0.1) is 0 Å². The van der Waals surface area contributed by atoms with Crippen LogP contribution in [0.2, 0.25) is 0 Å². The molecule has 4 nitrogen and oxygen atoms in total. The van der Waals surface area contributed by atoms with Crippen LogP contribution in [0.4, 0.5) is 5.69 Å². The number of carbonyl (C=O) groups excluding carboxylic acids is 1. The van der Waals surface area contributed by atoms with Crippen LogP contribution >= 0.6 is 0 Å². The van der Waals surface area contributed by atoms with E-state index in [9.17, 15) is 9.90 Å². The number of aliphatic hydroxyl groups is 1. The van der Waals surface area contributed by atoms with Gasteiger partial charge in [0.1, 0.15) is 11.5 Å². The molecule has 0 atom stereocenters. The molecule has 0 bridgehead atoms. The number of carbonyl (C=O) groups is 1. The Morgan fingerprint density at radius 1 is 1.00 bits per heavy atom. The molecule has 0 aromatic heterocycles. The summed E-state index contributed by atoms with van der Waals surface area (Å²) in [4.78, 5) is 17.9. The van der Waals surface area contributed by atoms with E-state index in [0.717, 1.165) is 22.1 Å². The lowest BCUT2D eigenvalue weighted by molar-refractivity contribution is -0.117. The molecule has 1 aliphatic carbocycles. The highest BCUT2D eigenvalue weighted by Gasteiger charge is 2.35. The maximum absolute atomic E-state index is 13.1.